The molecular formula is C16H22BNO3. The summed E-state index contributed by atoms with van der Waals surface area (Å²) in [5.41, 5.74) is 0.805. The number of carbonyl (C=O) groups is 1. The summed E-state index contributed by atoms with van der Waals surface area (Å²) in [4.78, 5) is 12.1. The van der Waals surface area contributed by atoms with Gasteiger partial charge in [-0.05, 0) is 58.1 Å². The third-order valence-electron chi connectivity index (χ3n) is 4.59. The molecule has 0 spiro atoms. The minimum atomic E-state index is -0.427. The van der Waals surface area contributed by atoms with E-state index >= 15 is 0 Å². The lowest BCUT2D eigenvalue weighted by Crippen LogP contribution is -2.41. The highest BCUT2D eigenvalue weighted by atomic mass is 16.7. The van der Waals surface area contributed by atoms with Gasteiger partial charge in [0.15, 0.2) is 0 Å². The van der Waals surface area contributed by atoms with Crippen LogP contribution < -0.4 is 10.8 Å². The molecule has 0 bridgehead atoms. The smallest absolute Gasteiger partial charge is 0.399 e. The summed E-state index contributed by atoms with van der Waals surface area (Å²) in [6.45, 7) is 8.10. The van der Waals surface area contributed by atoms with Crippen LogP contribution in [0.25, 0.3) is 0 Å². The lowest BCUT2D eigenvalue weighted by Gasteiger charge is -2.32. The summed E-state index contributed by atoms with van der Waals surface area (Å²) in [5.74, 6) is -0.0177. The van der Waals surface area contributed by atoms with Crippen molar-refractivity contribution in [2.24, 2.45) is 0 Å². The number of carbonyl (C=O) groups excluding carboxylic acids is 1. The molecule has 0 aromatic heterocycles. The van der Waals surface area contributed by atoms with Crippen LogP contribution in [-0.2, 0) is 9.31 Å². The molecule has 1 aromatic carbocycles. The number of nitrogens with one attached hydrogen (secondary N) is 1. The van der Waals surface area contributed by atoms with Crippen LogP contribution in [-0.4, -0.2) is 30.3 Å². The predicted octanol–water partition coefficient (Wildman–Crippen LogP) is 1.88. The van der Waals surface area contributed by atoms with Gasteiger partial charge in [-0.1, -0.05) is 12.1 Å². The largest absolute Gasteiger partial charge is 0.494 e. The Hall–Kier alpha value is -1.33. The van der Waals surface area contributed by atoms with Gasteiger partial charge in [-0.25, -0.2) is 0 Å². The molecule has 1 N–H and O–H groups in total. The molecule has 1 saturated heterocycles. The average Bonchev–Trinajstić information content (AvgIpc) is 3.17. The lowest BCUT2D eigenvalue weighted by molar-refractivity contribution is 0.00578. The normalized spacial score (nSPS) is 23.1. The summed E-state index contributed by atoms with van der Waals surface area (Å²) >= 11 is 0. The van der Waals surface area contributed by atoms with Crippen molar-refractivity contribution < 1.29 is 14.1 Å². The van der Waals surface area contributed by atoms with Gasteiger partial charge in [0.05, 0.1) is 11.2 Å². The van der Waals surface area contributed by atoms with Crippen molar-refractivity contribution in [2.75, 3.05) is 0 Å². The Morgan fingerprint density at radius 1 is 1.19 bits per heavy atom. The van der Waals surface area contributed by atoms with E-state index in [1.165, 1.54) is 0 Å². The predicted molar refractivity (Wildman–Crippen MR) is 82.6 cm³/mol. The molecule has 1 aromatic rings. The third kappa shape index (κ3) is 2.85. The zero-order valence-electron chi connectivity index (χ0n) is 13.1. The van der Waals surface area contributed by atoms with Crippen molar-refractivity contribution in [3.63, 3.8) is 0 Å². The molecule has 0 unspecified atom stereocenters. The Morgan fingerprint density at radius 2 is 1.81 bits per heavy atom. The molecule has 0 atom stereocenters. The Kier molecular flexibility index (Phi) is 3.37. The summed E-state index contributed by atoms with van der Waals surface area (Å²) in [6.07, 6.45) is 2.17. The Balaban J connectivity index is 1.79. The molecule has 2 aliphatic rings. The standard InChI is InChI=1S/C16H22BNO3/c1-15(2)16(3,4)21-17(20-15)12-7-5-6-11(10-12)14(19)18-13-8-9-13/h5-7,10,13H,8-9H2,1-4H3,(H,18,19). The fraction of sp³-hybridized carbons (Fsp3) is 0.562. The first-order chi connectivity index (χ1) is 9.78. The van der Waals surface area contributed by atoms with E-state index in [4.69, 9.17) is 9.31 Å². The van der Waals surface area contributed by atoms with E-state index in [9.17, 15) is 4.79 Å². The van der Waals surface area contributed by atoms with E-state index in [1.54, 1.807) is 0 Å². The highest BCUT2D eigenvalue weighted by molar-refractivity contribution is 6.62. The van der Waals surface area contributed by atoms with Gasteiger partial charge in [0, 0.05) is 11.6 Å². The molecule has 2 fully saturated rings. The van der Waals surface area contributed by atoms with E-state index in [2.05, 4.69) is 5.32 Å². The van der Waals surface area contributed by atoms with Gasteiger partial charge < -0.3 is 14.6 Å². The van der Waals surface area contributed by atoms with Gasteiger partial charge in [0.25, 0.3) is 5.91 Å². The summed E-state index contributed by atoms with van der Waals surface area (Å²) in [6, 6.07) is 7.86. The molecule has 21 heavy (non-hydrogen) atoms. The van der Waals surface area contributed by atoms with Crippen molar-refractivity contribution in [1.82, 2.24) is 5.32 Å². The van der Waals surface area contributed by atoms with Crippen molar-refractivity contribution >= 4 is 18.5 Å². The molecule has 1 aliphatic heterocycles. The maximum Gasteiger partial charge on any atom is 0.494 e. The van der Waals surface area contributed by atoms with E-state index in [0.29, 0.717) is 11.6 Å². The van der Waals surface area contributed by atoms with Crippen LogP contribution >= 0.6 is 0 Å². The van der Waals surface area contributed by atoms with Crippen LogP contribution in [0.2, 0.25) is 0 Å². The first-order valence-corrected chi connectivity index (χ1v) is 7.55. The van der Waals surface area contributed by atoms with Crippen LogP contribution in [0.1, 0.15) is 50.9 Å². The zero-order valence-corrected chi connectivity index (χ0v) is 13.1. The number of hydrogen-bond acceptors (Lipinski definition) is 3. The van der Waals surface area contributed by atoms with Gasteiger partial charge in [-0.15, -0.1) is 0 Å². The van der Waals surface area contributed by atoms with Crippen molar-refractivity contribution in [3.05, 3.63) is 29.8 Å². The van der Waals surface area contributed by atoms with E-state index in [1.807, 2.05) is 52.0 Å². The topological polar surface area (TPSA) is 47.6 Å². The summed E-state index contributed by atoms with van der Waals surface area (Å²) in [7, 11) is -0.427. The van der Waals surface area contributed by atoms with E-state index in [-0.39, 0.29) is 17.1 Å². The molecule has 1 amide bonds. The third-order valence-corrected chi connectivity index (χ3v) is 4.59. The first-order valence-electron chi connectivity index (χ1n) is 7.55. The van der Waals surface area contributed by atoms with Crippen LogP contribution in [0.15, 0.2) is 24.3 Å². The second kappa shape index (κ2) is 4.85. The van der Waals surface area contributed by atoms with Gasteiger partial charge >= 0.3 is 7.12 Å². The molecule has 0 radical (unpaired) electrons. The molecule has 3 rings (SSSR count). The molecule has 5 heteroatoms. The lowest BCUT2D eigenvalue weighted by atomic mass is 9.78. The second-order valence-corrected chi connectivity index (χ2v) is 6.96. The molecule has 1 saturated carbocycles. The number of amides is 1. The number of benzene rings is 1. The van der Waals surface area contributed by atoms with Crippen LogP contribution in [0, 0.1) is 0 Å². The molecule has 1 aliphatic carbocycles. The number of hydrogen-bond donors (Lipinski definition) is 1. The van der Waals surface area contributed by atoms with Gasteiger partial charge in [-0.2, -0.15) is 0 Å². The monoisotopic (exact) mass is 287 g/mol. The average molecular weight is 287 g/mol. The van der Waals surface area contributed by atoms with Gasteiger partial charge in [-0.3, -0.25) is 4.79 Å². The Bertz CT molecular complexity index is 550. The summed E-state index contributed by atoms with van der Waals surface area (Å²) in [5, 5.41) is 3.00. The van der Waals surface area contributed by atoms with Crippen molar-refractivity contribution in [1.29, 1.82) is 0 Å². The van der Waals surface area contributed by atoms with Crippen molar-refractivity contribution in [3.8, 4) is 0 Å². The van der Waals surface area contributed by atoms with Gasteiger partial charge in [0.1, 0.15) is 0 Å². The molecular weight excluding hydrogens is 265 g/mol. The van der Waals surface area contributed by atoms with Crippen LogP contribution in [0.3, 0.4) is 0 Å². The highest BCUT2D eigenvalue weighted by Gasteiger charge is 2.51. The molecule has 4 nitrogen and oxygen atoms in total. The Labute approximate surface area is 126 Å². The molecule has 112 valence electrons. The Morgan fingerprint density at radius 3 is 2.38 bits per heavy atom. The highest BCUT2D eigenvalue weighted by Crippen LogP contribution is 2.36. The van der Waals surface area contributed by atoms with E-state index in [0.717, 1.165) is 18.3 Å². The quantitative estimate of drug-likeness (QED) is 0.863. The maximum absolute atomic E-state index is 12.1. The minimum absolute atomic E-state index is 0.0177. The van der Waals surface area contributed by atoms with Gasteiger partial charge in [0.2, 0.25) is 0 Å². The summed E-state index contributed by atoms with van der Waals surface area (Å²) < 4.78 is 12.0. The maximum atomic E-state index is 12.1. The van der Waals surface area contributed by atoms with Crippen LogP contribution in [0.4, 0.5) is 0 Å². The zero-order chi connectivity index (χ0) is 15.3. The molecule has 1 heterocycles. The fourth-order valence-corrected chi connectivity index (χ4v) is 2.30. The fourth-order valence-electron chi connectivity index (χ4n) is 2.30. The van der Waals surface area contributed by atoms with E-state index < -0.39 is 7.12 Å². The SMILES string of the molecule is CC1(C)OB(c2cccc(C(=O)NC3CC3)c2)OC1(C)C. The van der Waals surface area contributed by atoms with Crippen LogP contribution in [0.5, 0.6) is 0 Å². The first kappa shape index (κ1) is 14.6. The number of rotatable bonds is 3. The minimum Gasteiger partial charge on any atom is -0.399 e. The second-order valence-electron chi connectivity index (χ2n) is 6.96. The van der Waals surface area contributed by atoms with Crippen molar-refractivity contribution in [2.45, 2.75) is 57.8 Å².